The maximum Gasteiger partial charge on any atom is 0.233 e. The Morgan fingerprint density at radius 2 is 1.82 bits per heavy atom. The van der Waals surface area contributed by atoms with Gasteiger partial charge in [-0.3, -0.25) is 4.79 Å². The normalized spacial score (nSPS) is 23.1. The smallest absolute Gasteiger partial charge is 0.233 e. The van der Waals surface area contributed by atoms with Crippen molar-refractivity contribution < 1.29 is 18.7 Å². The number of rotatable bonds is 4. The van der Waals surface area contributed by atoms with E-state index in [0.717, 1.165) is 32.4 Å². The number of likely N-dealkylation sites (tertiary alicyclic amines) is 1. The molecule has 1 aromatic carbocycles. The molecule has 3 N–H and O–H groups in total. The van der Waals surface area contributed by atoms with E-state index >= 15 is 0 Å². The molecule has 0 saturated carbocycles. The summed E-state index contributed by atoms with van der Waals surface area (Å²) in [5.41, 5.74) is 7.40. The van der Waals surface area contributed by atoms with Gasteiger partial charge < -0.3 is 25.1 Å². The topological polar surface area (TPSA) is 119 Å². The Labute approximate surface area is 196 Å². The molecule has 1 amide bonds. The first-order valence-electron chi connectivity index (χ1n) is 11.4. The highest BCUT2D eigenvalue weighted by Gasteiger charge is 2.43. The second-order valence-electron chi connectivity index (χ2n) is 9.02. The molecule has 0 spiro atoms. The van der Waals surface area contributed by atoms with Gasteiger partial charge in [0.15, 0.2) is 5.82 Å². The van der Waals surface area contributed by atoms with E-state index < -0.39 is 11.7 Å². The van der Waals surface area contributed by atoms with Crippen LogP contribution in [0.25, 0.3) is 22.6 Å². The van der Waals surface area contributed by atoms with Crippen molar-refractivity contribution in [2.45, 2.75) is 32.5 Å². The number of H-pyrrole nitrogens is 1. The number of aromatic nitrogens is 4. The van der Waals surface area contributed by atoms with Gasteiger partial charge in [0.1, 0.15) is 5.82 Å². The van der Waals surface area contributed by atoms with Gasteiger partial charge in [0, 0.05) is 24.8 Å². The van der Waals surface area contributed by atoms with Gasteiger partial charge in [0.25, 0.3) is 0 Å². The van der Waals surface area contributed by atoms with Gasteiger partial charge in [-0.15, -0.1) is 0 Å². The monoisotopic (exact) mass is 466 g/mol. The highest BCUT2D eigenvalue weighted by atomic mass is 19.1. The van der Waals surface area contributed by atoms with Crippen molar-refractivity contribution in [1.29, 1.82) is 0 Å². The van der Waals surface area contributed by atoms with Crippen molar-refractivity contribution in [3.8, 4) is 22.6 Å². The number of nitrogen functional groups attached to an aromatic ring is 1. The minimum atomic E-state index is -0.783. The zero-order valence-corrected chi connectivity index (χ0v) is 19.0. The van der Waals surface area contributed by atoms with E-state index in [4.69, 9.17) is 20.2 Å². The number of carbonyl (C=O) groups is 1. The number of anilines is 1. The van der Waals surface area contributed by atoms with Gasteiger partial charge in [0.2, 0.25) is 18.1 Å². The van der Waals surface area contributed by atoms with Crippen LogP contribution in [-0.4, -0.2) is 57.0 Å². The van der Waals surface area contributed by atoms with Crippen molar-refractivity contribution in [2.75, 3.05) is 32.0 Å². The fourth-order valence-corrected chi connectivity index (χ4v) is 4.39. The third-order valence-corrected chi connectivity index (χ3v) is 6.26. The third kappa shape index (κ3) is 4.38. The minimum absolute atomic E-state index is 0.0641. The summed E-state index contributed by atoms with van der Waals surface area (Å²) in [7, 11) is 0. The van der Waals surface area contributed by atoms with Gasteiger partial charge in [0.05, 0.1) is 35.7 Å². The number of hydrogen-bond donors (Lipinski definition) is 2. The number of nitrogens with zero attached hydrogens (tertiary/aromatic N) is 4. The fraction of sp³-hybridized carbons (Fsp3) is 0.417. The summed E-state index contributed by atoms with van der Waals surface area (Å²) in [6.45, 7) is 3.87. The number of ether oxygens (including phenoxy) is 2. The van der Waals surface area contributed by atoms with Crippen molar-refractivity contribution in [3.05, 3.63) is 48.2 Å². The van der Waals surface area contributed by atoms with E-state index in [9.17, 15) is 9.18 Å². The number of halogens is 1. The van der Waals surface area contributed by atoms with Crippen molar-refractivity contribution >= 4 is 11.9 Å². The number of amides is 1. The molecule has 2 aliphatic rings. The molecule has 4 heterocycles. The SMILES string of the molecule is CC1(C(=O)N2CCCCC2)COC(c2nc(-c3ccc(F)cc3)c(-c3ccnc(N)n3)[nH]2)OC1. The molecular weight excluding hydrogens is 439 g/mol. The summed E-state index contributed by atoms with van der Waals surface area (Å²) < 4.78 is 25.5. The molecule has 10 heteroatoms. The van der Waals surface area contributed by atoms with Crippen LogP contribution in [0.5, 0.6) is 0 Å². The van der Waals surface area contributed by atoms with Crippen LogP contribution in [0, 0.1) is 11.2 Å². The second kappa shape index (κ2) is 9.11. The van der Waals surface area contributed by atoms with E-state index in [1.807, 2.05) is 11.8 Å². The molecule has 5 rings (SSSR count). The van der Waals surface area contributed by atoms with E-state index in [1.165, 1.54) is 12.1 Å². The number of hydrogen-bond acceptors (Lipinski definition) is 7. The van der Waals surface area contributed by atoms with E-state index in [0.29, 0.717) is 28.5 Å². The van der Waals surface area contributed by atoms with Crippen LogP contribution in [0.2, 0.25) is 0 Å². The standard InChI is InChI=1S/C24H27FN6O3/c1-24(22(32)31-11-3-2-4-12-31)13-33-21(34-14-24)20-29-18(15-5-7-16(25)8-6-15)19(30-20)17-9-10-27-23(26)28-17/h5-10,21H,2-4,11-14H2,1H3,(H,29,30)(H2,26,27,28). The molecular formula is C24H27FN6O3. The Balaban J connectivity index is 1.40. The van der Waals surface area contributed by atoms with E-state index in [1.54, 1.807) is 24.4 Å². The van der Waals surface area contributed by atoms with E-state index in [-0.39, 0.29) is 30.9 Å². The lowest BCUT2D eigenvalue weighted by atomic mass is 9.89. The predicted molar refractivity (Wildman–Crippen MR) is 123 cm³/mol. The first-order chi connectivity index (χ1) is 16.4. The predicted octanol–water partition coefficient (Wildman–Crippen LogP) is 3.32. The highest BCUT2D eigenvalue weighted by Crippen LogP contribution is 2.36. The highest BCUT2D eigenvalue weighted by molar-refractivity contribution is 5.83. The molecule has 0 bridgehead atoms. The van der Waals surface area contributed by atoms with Crippen molar-refractivity contribution in [1.82, 2.24) is 24.8 Å². The molecule has 34 heavy (non-hydrogen) atoms. The average Bonchev–Trinajstić information content (AvgIpc) is 3.30. The zero-order chi connectivity index (χ0) is 23.7. The molecule has 0 atom stereocenters. The number of aromatic amines is 1. The molecule has 0 unspecified atom stereocenters. The summed E-state index contributed by atoms with van der Waals surface area (Å²) in [5.74, 6) is 0.271. The van der Waals surface area contributed by atoms with Crippen molar-refractivity contribution in [3.63, 3.8) is 0 Å². The fourth-order valence-electron chi connectivity index (χ4n) is 4.39. The number of nitrogens with one attached hydrogen (secondary N) is 1. The molecule has 2 saturated heterocycles. The van der Waals surface area contributed by atoms with Crippen LogP contribution in [0.1, 0.15) is 38.3 Å². The molecule has 2 aliphatic heterocycles. The van der Waals surface area contributed by atoms with Crippen molar-refractivity contribution in [2.24, 2.45) is 5.41 Å². The molecule has 3 aromatic rings. The molecule has 2 fully saturated rings. The maximum absolute atomic E-state index is 13.5. The number of imidazole rings is 1. The number of nitrogens with two attached hydrogens (primary N) is 1. The summed E-state index contributed by atoms with van der Waals surface area (Å²) in [4.78, 5) is 31.2. The summed E-state index contributed by atoms with van der Waals surface area (Å²) in [6.07, 6.45) is 3.99. The Bertz CT molecular complexity index is 1170. The van der Waals surface area contributed by atoms with Gasteiger partial charge in [-0.05, 0) is 56.5 Å². The Kier molecular flexibility index (Phi) is 6.01. The average molecular weight is 467 g/mol. The Morgan fingerprint density at radius 1 is 1.12 bits per heavy atom. The molecule has 2 aromatic heterocycles. The van der Waals surface area contributed by atoms with Gasteiger partial charge in [-0.25, -0.2) is 19.3 Å². The largest absolute Gasteiger partial charge is 0.368 e. The van der Waals surface area contributed by atoms with Crippen LogP contribution in [0.15, 0.2) is 36.5 Å². The molecule has 0 aliphatic carbocycles. The van der Waals surface area contributed by atoms with Crippen LogP contribution in [-0.2, 0) is 14.3 Å². The number of benzene rings is 1. The first-order valence-corrected chi connectivity index (χ1v) is 11.4. The Hall–Kier alpha value is -3.37. The molecule has 178 valence electrons. The zero-order valence-electron chi connectivity index (χ0n) is 19.0. The van der Waals surface area contributed by atoms with Gasteiger partial charge >= 0.3 is 0 Å². The molecule has 9 nitrogen and oxygen atoms in total. The minimum Gasteiger partial charge on any atom is -0.368 e. The van der Waals surface area contributed by atoms with Crippen LogP contribution < -0.4 is 5.73 Å². The van der Waals surface area contributed by atoms with Crippen LogP contribution in [0.4, 0.5) is 10.3 Å². The van der Waals surface area contributed by atoms with Crippen LogP contribution >= 0.6 is 0 Å². The van der Waals surface area contributed by atoms with Crippen LogP contribution in [0.3, 0.4) is 0 Å². The molecule has 0 radical (unpaired) electrons. The lowest BCUT2D eigenvalue weighted by Crippen LogP contribution is -2.51. The van der Waals surface area contributed by atoms with E-state index in [2.05, 4.69) is 15.0 Å². The Morgan fingerprint density at radius 3 is 2.50 bits per heavy atom. The summed E-state index contributed by atoms with van der Waals surface area (Å²) >= 11 is 0. The maximum atomic E-state index is 13.5. The summed E-state index contributed by atoms with van der Waals surface area (Å²) in [5, 5.41) is 0. The van der Waals surface area contributed by atoms with Gasteiger partial charge in [-0.1, -0.05) is 0 Å². The number of carbonyl (C=O) groups excluding carboxylic acids is 1. The lowest BCUT2D eigenvalue weighted by molar-refractivity contribution is -0.234. The number of piperidine rings is 1. The van der Waals surface area contributed by atoms with Gasteiger partial charge in [-0.2, -0.15) is 0 Å². The third-order valence-electron chi connectivity index (χ3n) is 6.26. The lowest BCUT2D eigenvalue weighted by Gasteiger charge is -2.40. The quantitative estimate of drug-likeness (QED) is 0.605. The first kappa shape index (κ1) is 22.4. The summed E-state index contributed by atoms with van der Waals surface area (Å²) in [6, 6.07) is 7.72. The second-order valence-corrected chi connectivity index (χ2v) is 9.02.